The number of nitro benzene ring substituents is 1. The van der Waals surface area contributed by atoms with E-state index in [1.165, 1.54) is 12.1 Å². The van der Waals surface area contributed by atoms with Gasteiger partial charge in [-0.15, -0.1) is 0 Å². The van der Waals surface area contributed by atoms with Crippen molar-refractivity contribution in [1.29, 1.82) is 0 Å². The standard InChI is InChI=1S/C16H9BrN2O4/c17-12-6-3-5-11(8-12)15-18-13(16(20)23-15)9-10-4-1-2-7-14(10)19(21)22/h1-9H/b13-9+. The Labute approximate surface area is 139 Å². The van der Waals surface area contributed by atoms with Gasteiger partial charge in [-0.1, -0.05) is 34.1 Å². The second kappa shape index (κ2) is 6.13. The topological polar surface area (TPSA) is 81.8 Å². The van der Waals surface area contributed by atoms with Crippen LogP contribution in [0, 0.1) is 10.1 Å². The molecule has 0 aliphatic carbocycles. The van der Waals surface area contributed by atoms with Gasteiger partial charge in [-0.25, -0.2) is 9.79 Å². The molecule has 0 atom stereocenters. The fourth-order valence-electron chi connectivity index (χ4n) is 2.08. The van der Waals surface area contributed by atoms with Gasteiger partial charge in [0, 0.05) is 16.1 Å². The fraction of sp³-hybridized carbons (Fsp3) is 0. The predicted octanol–water partition coefficient (Wildman–Crippen LogP) is 3.70. The number of halogens is 1. The summed E-state index contributed by atoms with van der Waals surface area (Å²) in [4.78, 5) is 26.6. The van der Waals surface area contributed by atoms with Crippen LogP contribution in [0.1, 0.15) is 11.1 Å². The fourth-order valence-corrected chi connectivity index (χ4v) is 2.48. The number of ether oxygens (including phenoxy) is 1. The number of esters is 1. The largest absolute Gasteiger partial charge is 0.402 e. The number of benzene rings is 2. The number of cyclic esters (lactones) is 1. The number of rotatable bonds is 3. The second-order valence-corrected chi connectivity index (χ2v) is 5.58. The molecule has 0 saturated carbocycles. The van der Waals surface area contributed by atoms with Gasteiger partial charge in [0.2, 0.25) is 5.90 Å². The summed E-state index contributed by atoms with van der Waals surface area (Å²) in [6.45, 7) is 0. The molecule has 0 saturated heterocycles. The highest BCUT2D eigenvalue weighted by molar-refractivity contribution is 9.10. The van der Waals surface area contributed by atoms with E-state index >= 15 is 0 Å². The van der Waals surface area contributed by atoms with Crippen LogP contribution in [0.5, 0.6) is 0 Å². The van der Waals surface area contributed by atoms with Crippen LogP contribution in [0.15, 0.2) is 63.7 Å². The molecule has 0 N–H and O–H groups in total. The summed E-state index contributed by atoms with van der Waals surface area (Å²) in [7, 11) is 0. The Kier molecular flexibility index (Phi) is 4.03. The molecule has 3 rings (SSSR count). The van der Waals surface area contributed by atoms with Crippen molar-refractivity contribution >= 4 is 39.6 Å². The van der Waals surface area contributed by atoms with Crippen LogP contribution in [-0.4, -0.2) is 16.8 Å². The van der Waals surface area contributed by atoms with Crippen LogP contribution in [0.3, 0.4) is 0 Å². The van der Waals surface area contributed by atoms with E-state index in [1.54, 1.807) is 36.4 Å². The van der Waals surface area contributed by atoms with E-state index < -0.39 is 10.9 Å². The number of aliphatic imine (C=N–C) groups is 1. The van der Waals surface area contributed by atoms with Crippen molar-refractivity contribution in [1.82, 2.24) is 0 Å². The highest BCUT2D eigenvalue weighted by atomic mass is 79.9. The van der Waals surface area contributed by atoms with Crippen LogP contribution >= 0.6 is 15.9 Å². The Hall–Kier alpha value is -2.80. The normalized spacial score (nSPS) is 15.4. The zero-order valence-corrected chi connectivity index (χ0v) is 13.2. The molecule has 0 amide bonds. The number of carbonyl (C=O) groups excluding carboxylic acids is 1. The van der Waals surface area contributed by atoms with Gasteiger partial charge in [-0.3, -0.25) is 10.1 Å². The summed E-state index contributed by atoms with van der Waals surface area (Å²) in [5.41, 5.74) is 0.857. The van der Waals surface area contributed by atoms with E-state index in [-0.39, 0.29) is 17.3 Å². The van der Waals surface area contributed by atoms with Gasteiger partial charge in [0.05, 0.1) is 10.5 Å². The minimum Gasteiger partial charge on any atom is -0.402 e. The third-order valence-corrected chi connectivity index (χ3v) is 3.61. The van der Waals surface area contributed by atoms with Crippen LogP contribution in [-0.2, 0) is 9.53 Å². The lowest BCUT2D eigenvalue weighted by Gasteiger charge is -1.99. The first-order valence-electron chi connectivity index (χ1n) is 6.56. The zero-order valence-electron chi connectivity index (χ0n) is 11.6. The third-order valence-electron chi connectivity index (χ3n) is 3.12. The molecule has 2 aromatic carbocycles. The number of hydrogen-bond donors (Lipinski definition) is 0. The summed E-state index contributed by atoms with van der Waals surface area (Å²) in [5.74, 6) is -0.473. The molecule has 0 aromatic heterocycles. The summed E-state index contributed by atoms with van der Waals surface area (Å²) in [6.07, 6.45) is 1.35. The molecule has 0 fully saturated rings. The van der Waals surface area contributed by atoms with Crippen molar-refractivity contribution < 1.29 is 14.5 Å². The Morgan fingerprint density at radius 1 is 1.17 bits per heavy atom. The lowest BCUT2D eigenvalue weighted by molar-refractivity contribution is -0.385. The predicted molar refractivity (Wildman–Crippen MR) is 87.8 cm³/mol. The molecule has 0 bridgehead atoms. The smallest absolute Gasteiger partial charge is 0.363 e. The highest BCUT2D eigenvalue weighted by Crippen LogP contribution is 2.25. The number of hydrogen-bond acceptors (Lipinski definition) is 5. The minimum atomic E-state index is -0.641. The maximum Gasteiger partial charge on any atom is 0.363 e. The lowest BCUT2D eigenvalue weighted by Crippen LogP contribution is -2.05. The SMILES string of the molecule is O=C1OC(c2cccc(Br)c2)=N/C1=C/c1ccccc1[N+](=O)[O-]. The first-order valence-corrected chi connectivity index (χ1v) is 7.36. The molecule has 0 radical (unpaired) electrons. The number of para-hydroxylation sites is 1. The van der Waals surface area contributed by atoms with Crippen LogP contribution in [0.4, 0.5) is 5.69 Å². The van der Waals surface area contributed by atoms with E-state index in [4.69, 9.17) is 4.74 Å². The summed E-state index contributed by atoms with van der Waals surface area (Å²) in [5, 5.41) is 11.0. The number of nitrogens with zero attached hydrogens (tertiary/aromatic N) is 2. The molecule has 0 unspecified atom stereocenters. The van der Waals surface area contributed by atoms with Gasteiger partial charge < -0.3 is 4.74 Å². The molecule has 0 spiro atoms. The maximum atomic E-state index is 11.9. The van der Waals surface area contributed by atoms with Crippen molar-refractivity contribution in [2.75, 3.05) is 0 Å². The molecule has 1 aliphatic heterocycles. The monoisotopic (exact) mass is 372 g/mol. The molecule has 2 aromatic rings. The molecule has 114 valence electrons. The van der Waals surface area contributed by atoms with Crippen molar-refractivity contribution in [2.45, 2.75) is 0 Å². The summed E-state index contributed by atoms with van der Waals surface area (Å²) >= 11 is 3.33. The van der Waals surface area contributed by atoms with E-state index in [9.17, 15) is 14.9 Å². The molecule has 6 nitrogen and oxygen atoms in total. The zero-order chi connectivity index (χ0) is 16.4. The second-order valence-electron chi connectivity index (χ2n) is 4.66. The van der Waals surface area contributed by atoms with Gasteiger partial charge in [0.1, 0.15) is 0 Å². The lowest BCUT2D eigenvalue weighted by atomic mass is 10.1. The summed E-state index contributed by atoms with van der Waals surface area (Å²) in [6, 6.07) is 13.3. The first kappa shape index (κ1) is 15.1. The average Bonchev–Trinajstić information content (AvgIpc) is 2.89. The third kappa shape index (κ3) is 3.19. The van der Waals surface area contributed by atoms with Crippen molar-refractivity contribution in [3.8, 4) is 0 Å². The molecule has 1 aliphatic rings. The molecule has 7 heteroatoms. The highest BCUT2D eigenvalue weighted by Gasteiger charge is 2.25. The Balaban J connectivity index is 2.01. The van der Waals surface area contributed by atoms with Crippen LogP contribution in [0.2, 0.25) is 0 Å². The molecular formula is C16H9BrN2O4. The van der Waals surface area contributed by atoms with Gasteiger partial charge in [0.25, 0.3) is 5.69 Å². The van der Waals surface area contributed by atoms with E-state index in [1.807, 2.05) is 6.07 Å². The average molecular weight is 373 g/mol. The van der Waals surface area contributed by atoms with Crippen molar-refractivity contribution in [3.63, 3.8) is 0 Å². The minimum absolute atomic E-state index is 0.0225. The maximum absolute atomic E-state index is 11.9. The van der Waals surface area contributed by atoms with Crippen molar-refractivity contribution in [2.24, 2.45) is 4.99 Å². The van der Waals surface area contributed by atoms with Gasteiger partial charge >= 0.3 is 5.97 Å². The Morgan fingerprint density at radius 3 is 2.70 bits per heavy atom. The quantitative estimate of drug-likeness (QED) is 0.356. The van der Waals surface area contributed by atoms with Crippen LogP contribution in [0.25, 0.3) is 6.08 Å². The van der Waals surface area contributed by atoms with Crippen molar-refractivity contribution in [3.05, 3.63) is 79.9 Å². The van der Waals surface area contributed by atoms with E-state index in [0.717, 1.165) is 4.47 Å². The molecule has 1 heterocycles. The Morgan fingerprint density at radius 2 is 1.96 bits per heavy atom. The van der Waals surface area contributed by atoms with E-state index in [2.05, 4.69) is 20.9 Å². The summed E-state index contributed by atoms with van der Waals surface area (Å²) < 4.78 is 5.96. The van der Waals surface area contributed by atoms with Gasteiger partial charge in [0.15, 0.2) is 5.70 Å². The van der Waals surface area contributed by atoms with Gasteiger partial charge in [-0.05, 0) is 30.3 Å². The van der Waals surface area contributed by atoms with E-state index in [0.29, 0.717) is 11.1 Å². The number of carbonyl (C=O) groups is 1. The van der Waals surface area contributed by atoms with Crippen LogP contribution < -0.4 is 0 Å². The number of nitro groups is 1. The molecular weight excluding hydrogens is 364 g/mol. The van der Waals surface area contributed by atoms with Gasteiger partial charge in [-0.2, -0.15) is 0 Å². The first-order chi connectivity index (χ1) is 11.0. The Bertz CT molecular complexity index is 874. The molecule has 23 heavy (non-hydrogen) atoms.